The molecule has 0 saturated heterocycles. The molecule has 0 bridgehead atoms. The summed E-state index contributed by atoms with van der Waals surface area (Å²) in [6.45, 7) is 0.639. The quantitative estimate of drug-likeness (QED) is 0.334. The Morgan fingerprint density at radius 1 is 1.47 bits per heavy atom. The molecule has 1 aliphatic rings. The van der Waals surface area contributed by atoms with Gasteiger partial charge in [0.1, 0.15) is 0 Å². The van der Waals surface area contributed by atoms with Crippen LogP contribution in [0, 0.1) is 0 Å². The summed E-state index contributed by atoms with van der Waals surface area (Å²) in [5.41, 5.74) is 7.33. The van der Waals surface area contributed by atoms with Crippen molar-refractivity contribution >= 4 is 27.5 Å². The van der Waals surface area contributed by atoms with Crippen molar-refractivity contribution in [3.63, 3.8) is 0 Å². The third-order valence-electron chi connectivity index (χ3n) is 3.51. The summed E-state index contributed by atoms with van der Waals surface area (Å²) in [7, 11) is 0. The van der Waals surface area contributed by atoms with Gasteiger partial charge in [0.2, 0.25) is 0 Å². The average Bonchev–Trinajstić information content (AvgIpc) is 2.35. The SMILES string of the molecule is N/C(=N/O)c1cc(Br)ccc1N(CCO)C1CCC1. The fraction of sp³-hybridized carbons (Fsp3) is 0.462. The van der Waals surface area contributed by atoms with E-state index in [0.717, 1.165) is 23.0 Å². The number of hydrogen-bond acceptors (Lipinski definition) is 4. The fourth-order valence-electron chi connectivity index (χ4n) is 2.32. The van der Waals surface area contributed by atoms with E-state index in [1.807, 2.05) is 18.2 Å². The number of nitrogens with two attached hydrogens (primary N) is 1. The molecule has 19 heavy (non-hydrogen) atoms. The zero-order valence-corrected chi connectivity index (χ0v) is 12.2. The van der Waals surface area contributed by atoms with Crippen LogP contribution in [0.3, 0.4) is 0 Å². The van der Waals surface area contributed by atoms with Gasteiger partial charge in [-0.05, 0) is 37.5 Å². The van der Waals surface area contributed by atoms with Gasteiger partial charge in [-0.3, -0.25) is 0 Å². The zero-order valence-electron chi connectivity index (χ0n) is 10.6. The van der Waals surface area contributed by atoms with Gasteiger partial charge in [-0.25, -0.2) is 0 Å². The smallest absolute Gasteiger partial charge is 0.172 e. The van der Waals surface area contributed by atoms with E-state index in [1.165, 1.54) is 6.42 Å². The highest BCUT2D eigenvalue weighted by Crippen LogP contribution is 2.32. The fourth-order valence-corrected chi connectivity index (χ4v) is 2.68. The van der Waals surface area contributed by atoms with Gasteiger partial charge in [-0.15, -0.1) is 0 Å². The molecule has 1 aliphatic carbocycles. The molecular weight excluding hydrogens is 310 g/mol. The van der Waals surface area contributed by atoms with Crippen LogP contribution in [0.25, 0.3) is 0 Å². The Balaban J connectivity index is 2.40. The van der Waals surface area contributed by atoms with Crippen molar-refractivity contribution in [3.05, 3.63) is 28.2 Å². The lowest BCUT2D eigenvalue weighted by atomic mass is 9.90. The normalized spacial score (nSPS) is 16.2. The van der Waals surface area contributed by atoms with Crippen LogP contribution in [-0.4, -0.2) is 35.3 Å². The van der Waals surface area contributed by atoms with Gasteiger partial charge in [0, 0.05) is 28.3 Å². The highest BCUT2D eigenvalue weighted by atomic mass is 79.9. The summed E-state index contributed by atoms with van der Waals surface area (Å²) < 4.78 is 0.871. The summed E-state index contributed by atoms with van der Waals surface area (Å²) in [5.74, 6) is 0.0820. The Bertz CT molecular complexity index is 475. The third-order valence-corrected chi connectivity index (χ3v) is 4.00. The van der Waals surface area contributed by atoms with E-state index in [1.54, 1.807) is 0 Å². The number of oxime groups is 1. The highest BCUT2D eigenvalue weighted by molar-refractivity contribution is 9.10. The summed E-state index contributed by atoms with van der Waals surface area (Å²) in [6, 6.07) is 6.12. The number of aliphatic hydroxyl groups is 1. The molecule has 0 aromatic heterocycles. The van der Waals surface area contributed by atoms with E-state index in [9.17, 15) is 5.11 Å². The first kappa shape index (κ1) is 14.1. The van der Waals surface area contributed by atoms with E-state index in [-0.39, 0.29) is 12.4 Å². The molecule has 0 amide bonds. The molecule has 0 radical (unpaired) electrons. The lowest BCUT2D eigenvalue weighted by Gasteiger charge is -2.39. The number of hydrogen-bond donors (Lipinski definition) is 3. The average molecular weight is 328 g/mol. The lowest BCUT2D eigenvalue weighted by molar-refractivity contribution is 0.283. The van der Waals surface area contributed by atoms with E-state index in [2.05, 4.69) is 26.0 Å². The van der Waals surface area contributed by atoms with Gasteiger partial charge in [0.15, 0.2) is 5.84 Å². The van der Waals surface area contributed by atoms with Crippen molar-refractivity contribution in [3.8, 4) is 0 Å². The molecule has 1 fully saturated rings. The van der Waals surface area contributed by atoms with Gasteiger partial charge in [-0.1, -0.05) is 21.1 Å². The van der Waals surface area contributed by atoms with Crippen LogP contribution in [0.4, 0.5) is 5.69 Å². The van der Waals surface area contributed by atoms with Gasteiger partial charge in [0.25, 0.3) is 0 Å². The van der Waals surface area contributed by atoms with Crippen molar-refractivity contribution in [1.82, 2.24) is 0 Å². The number of nitrogens with zero attached hydrogens (tertiary/aromatic N) is 2. The summed E-state index contributed by atoms with van der Waals surface area (Å²) >= 11 is 3.39. The number of amidine groups is 1. The zero-order chi connectivity index (χ0) is 13.8. The van der Waals surface area contributed by atoms with Crippen LogP contribution in [0.1, 0.15) is 24.8 Å². The van der Waals surface area contributed by atoms with E-state index in [0.29, 0.717) is 18.2 Å². The van der Waals surface area contributed by atoms with Gasteiger partial charge in [0.05, 0.1) is 6.61 Å². The first-order valence-corrected chi connectivity index (χ1v) is 7.11. The van der Waals surface area contributed by atoms with Crippen molar-refractivity contribution in [2.45, 2.75) is 25.3 Å². The summed E-state index contributed by atoms with van der Waals surface area (Å²) in [5, 5.41) is 21.2. The maximum Gasteiger partial charge on any atom is 0.172 e. The first-order valence-electron chi connectivity index (χ1n) is 6.32. The largest absolute Gasteiger partial charge is 0.409 e. The van der Waals surface area contributed by atoms with E-state index < -0.39 is 0 Å². The predicted molar refractivity (Wildman–Crippen MR) is 78.7 cm³/mol. The molecule has 6 heteroatoms. The molecule has 0 spiro atoms. The van der Waals surface area contributed by atoms with Gasteiger partial charge >= 0.3 is 0 Å². The van der Waals surface area contributed by atoms with Crippen LogP contribution in [-0.2, 0) is 0 Å². The van der Waals surface area contributed by atoms with Crippen LogP contribution >= 0.6 is 15.9 Å². The maximum atomic E-state index is 9.25. The molecular formula is C13H18BrN3O2. The molecule has 1 saturated carbocycles. The third kappa shape index (κ3) is 3.01. The maximum absolute atomic E-state index is 9.25. The minimum absolute atomic E-state index is 0.0820. The minimum Gasteiger partial charge on any atom is -0.409 e. The second-order valence-electron chi connectivity index (χ2n) is 4.65. The molecule has 2 rings (SSSR count). The van der Waals surface area contributed by atoms with Gasteiger partial charge < -0.3 is 20.9 Å². The number of anilines is 1. The van der Waals surface area contributed by atoms with Crippen LogP contribution < -0.4 is 10.6 Å². The molecule has 1 aromatic carbocycles. The Hall–Kier alpha value is -1.27. The first-order chi connectivity index (χ1) is 9.17. The molecule has 1 aromatic rings. The van der Waals surface area contributed by atoms with E-state index in [4.69, 9.17) is 10.9 Å². The second-order valence-corrected chi connectivity index (χ2v) is 5.56. The van der Waals surface area contributed by atoms with Crippen molar-refractivity contribution < 1.29 is 10.3 Å². The van der Waals surface area contributed by atoms with Crippen molar-refractivity contribution in [2.24, 2.45) is 10.9 Å². The van der Waals surface area contributed by atoms with Crippen LogP contribution in [0.15, 0.2) is 27.8 Å². The Morgan fingerprint density at radius 3 is 2.74 bits per heavy atom. The monoisotopic (exact) mass is 327 g/mol. The Morgan fingerprint density at radius 2 is 2.21 bits per heavy atom. The standard InChI is InChI=1S/C13H18BrN3O2/c14-9-4-5-12(11(8-9)13(15)16-19)17(6-7-18)10-2-1-3-10/h4-5,8,10,18-19H,1-3,6-7H2,(H2,15,16). The topological polar surface area (TPSA) is 82.1 Å². The summed E-state index contributed by atoms with van der Waals surface area (Å²) in [6.07, 6.45) is 3.44. The minimum atomic E-state index is 0.0820. The predicted octanol–water partition coefficient (Wildman–Crippen LogP) is 1.89. The number of halogens is 1. The highest BCUT2D eigenvalue weighted by Gasteiger charge is 2.27. The molecule has 0 atom stereocenters. The molecule has 0 heterocycles. The van der Waals surface area contributed by atoms with E-state index >= 15 is 0 Å². The molecule has 0 unspecified atom stereocenters. The Kier molecular flexibility index (Phi) is 4.66. The number of aliphatic hydroxyl groups excluding tert-OH is 1. The summed E-state index contributed by atoms with van der Waals surface area (Å²) in [4.78, 5) is 2.14. The molecule has 104 valence electrons. The van der Waals surface area contributed by atoms with Crippen molar-refractivity contribution in [1.29, 1.82) is 0 Å². The molecule has 5 nitrogen and oxygen atoms in total. The molecule has 0 aliphatic heterocycles. The number of benzene rings is 1. The Labute approximate surface area is 120 Å². The molecule has 4 N–H and O–H groups in total. The van der Waals surface area contributed by atoms with Crippen molar-refractivity contribution in [2.75, 3.05) is 18.1 Å². The number of rotatable bonds is 5. The van der Waals surface area contributed by atoms with Crippen LogP contribution in [0.2, 0.25) is 0 Å². The van der Waals surface area contributed by atoms with Crippen LogP contribution in [0.5, 0.6) is 0 Å². The lowest BCUT2D eigenvalue weighted by Crippen LogP contribution is -2.43. The second kappa shape index (κ2) is 6.25. The van der Waals surface area contributed by atoms with Gasteiger partial charge in [-0.2, -0.15) is 0 Å².